The van der Waals surface area contributed by atoms with Crippen LogP contribution in [0.4, 0.5) is 0 Å². The van der Waals surface area contributed by atoms with Crippen molar-refractivity contribution in [1.29, 1.82) is 0 Å². The third-order valence-electron chi connectivity index (χ3n) is 7.35. The highest BCUT2D eigenvalue weighted by atomic mass is 16.5. The van der Waals surface area contributed by atoms with Crippen LogP contribution in [0, 0.1) is 5.41 Å². The number of ether oxygens (including phenoxy) is 1. The zero-order valence-electron chi connectivity index (χ0n) is 27.4. The van der Waals surface area contributed by atoms with Gasteiger partial charge in [0.15, 0.2) is 17.3 Å². The Morgan fingerprint density at radius 1 is 0.766 bits per heavy atom. The molecule has 0 saturated carbocycles. The van der Waals surface area contributed by atoms with E-state index in [1.54, 1.807) is 32.9 Å². The fourth-order valence-corrected chi connectivity index (χ4v) is 4.36. The Labute approximate surface area is 275 Å². The number of unbranched alkanes of at least 4 members (excludes halogenated alkanes) is 2. The van der Waals surface area contributed by atoms with Crippen LogP contribution in [0.5, 0.6) is 0 Å². The second-order valence-corrected chi connectivity index (χ2v) is 12.3. The second kappa shape index (κ2) is 19.9. The van der Waals surface area contributed by atoms with Gasteiger partial charge in [-0.25, -0.2) is 0 Å². The van der Waals surface area contributed by atoms with E-state index >= 15 is 0 Å². The number of hydrogen-bond acceptors (Lipinski definition) is 9. The highest BCUT2D eigenvalue weighted by Gasteiger charge is 2.24. The van der Waals surface area contributed by atoms with Crippen LogP contribution in [-0.4, -0.2) is 84.3 Å². The van der Waals surface area contributed by atoms with Crippen molar-refractivity contribution in [1.82, 2.24) is 20.9 Å². The number of amides is 5. The van der Waals surface area contributed by atoms with E-state index in [-0.39, 0.29) is 100 Å². The monoisotopic (exact) mass is 654 g/mol. The Balaban J connectivity index is 1.70. The predicted molar refractivity (Wildman–Crippen MR) is 171 cm³/mol. The molecule has 0 saturated heterocycles. The number of rotatable bonds is 22. The molecule has 0 radical (unpaired) electrons. The van der Waals surface area contributed by atoms with Crippen LogP contribution >= 0.6 is 0 Å². The van der Waals surface area contributed by atoms with Gasteiger partial charge in [-0.15, -0.1) is 0 Å². The summed E-state index contributed by atoms with van der Waals surface area (Å²) in [6.07, 6.45) is 3.96. The molecule has 0 aliphatic carbocycles. The highest BCUT2D eigenvalue weighted by Crippen LogP contribution is 2.14. The molecule has 13 nitrogen and oxygen atoms in total. The average molecular weight is 655 g/mol. The summed E-state index contributed by atoms with van der Waals surface area (Å²) in [4.78, 5) is 98.5. The standard InChI is InChI=1S/C34H46N4O9/c1-34(2,3)28(41)22-47-23-36-30(43)16-14-27(40)26(20-24-10-6-4-7-11-24)37-31(44)15-13-25(39)21-35-29(42)12-8-5-9-19-38-32(45)17-18-33(38)46/h4,6-7,10-11,17-18,26H,5,8-9,12-16,19-23H2,1-3H3,(H,35,42)(H,36,43)(H,37,44)/t26-/m0/s1. The normalized spacial score (nSPS) is 13.3. The molecule has 1 aromatic rings. The van der Waals surface area contributed by atoms with E-state index in [2.05, 4.69) is 16.0 Å². The lowest BCUT2D eigenvalue weighted by molar-refractivity contribution is -0.137. The summed E-state index contributed by atoms with van der Waals surface area (Å²) >= 11 is 0. The van der Waals surface area contributed by atoms with Crippen LogP contribution in [0.1, 0.15) is 77.7 Å². The molecule has 5 amide bonds. The first-order valence-electron chi connectivity index (χ1n) is 15.8. The largest absolute Gasteiger partial charge is 0.353 e. The van der Waals surface area contributed by atoms with Gasteiger partial charge < -0.3 is 20.7 Å². The molecule has 0 unspecified atom stereocenters. The fraction of sp³-hybridized carbons (Fsp3) is 0.529. The molecule has 1 aliphatic rings. The maximum Gasteiger partial charge on any atom is 0.253 e. The minimum Gasteiger partial charge on any atom is -0.353 e. The van der Waals surface area contributed by atoms with Crippen molar-refractivity contribution < 1.29 is 43.1 Å². The lowest BCUT2D eigenvalue weighted by atomic mass is 9.91. The first-order chi connectivity index (χ1) is 22.3. The van der Waals surface area contributed by atoms with Crippen LogP contribution in [-0.2, 0) is 49.5 Å². The number of benzene rings is 1. The number of nitrogens with zero attached hydrogens (tertiary/aromatic N) is 1. The number of Topliss-reactive ketones (excluding diaryl/α,β-unsaturated/α-hetero) is 3. The van der Waals surface area contributed by atoms with Gasteiger partial charge in [0.25, 0.3) is 11.8 Å². The molecule has 256 valence electrons. The summed E-state index contributed by atoms with van der Waals surface area (Å²) in [5.74, 6) is -2.75. The van der Waals surface area contributed by atoms with E-state index in [0.29, 0.717) is 19.3 Å². The third-order valence-corrected chi connectivity index (χ3v) is 7.35. The van der Waals surface area contributed by atoms with E-state index in [0.717, 1.165) is 10.5 Å². The van der Waals surface area contributed by atoms with Crippen LogP contribution in [0.25, 0.3) is 0 Å². The average Bonchev–Trinajstić information content (AvgIpc) is 3.35. The molecule has 1 aliphatic heterocycles. The highest BCUT2D eigenvalue weighted by molar-refractivity contribution is 6.12. The minimum atomic E-state index is -0.911. The van der Waals surface area contributed by atoms with E-state index in [1.807, 2.05) is 18.2 Å². The molecule has 47 heavy (non-hydrogen) atoms. The first kappa shape index (κ1) is 38.7. The van der Waals surface area contributed by atoms with E-state index < -0.39 is 23.3 Å². The Hall–Kier alpha value is -4.52. The van der Waals surface area contributed by atoms with Crippen molar-refractivity contribution in [3.05, 3.63) is 48.0 Å². The van der Waals surface area contributed by atoms with Gasteiger partial charge in [-0.1, -0.05) is 57.5 Å². The lowest BCUT2D eigenvalue weighted by Crippen LogP contribution is -2.43. The van der Waals surface area contributed by atoms with E-state index in [4.69, 9.17) is 4.74 Å². The maximum atomic E-state index is 13.0. The van der Waals surface area contributed by atoms with Crippen LogP contribution < -0.4 is 16.0 Å². The first-order valence-corrected chi connectivity index (χ1v) is 15.8. The quantitative estimate of drug-likeness (QED) is 0.0951. The molecular formula is C34H46N4O9. The SMILES string of the molecule is CC(C)(C)C(=O)COCNC(=O)CCC(=O)[C@H](Cc1ccccc1)NC(=O)CCC(=O)CNC(=O)CCCCCN1C(=O)C=CC1=O. The number of hydrogen-bond donors (Lipinski definition) is 3. The molecule has 1 aromatic carbocycles. The fourth-order valence-electron chi connectivity index (χ4n) is 4.36. The summed E-state index contributed by atoms with van der Waals surface area (Å²) in [6.45, 7) is 5.05. The van der Waals surface area contributed by atoms with Gasteiger partial charge in [0.1, 0.15) is 13.3 Å². The van der Waals surface area contributed by atoms with Crippen molar-refractivity contribution in [2.24, 2.45) is 5.41 Å². The molecule has 0 fully saturated rings. The van der Waals surface area contributed by atoms with Gasteiger partial charge in [0.2, 0.25) is 17.7 Å². The van der Waals surface area contributed by atoms with E-state index in [1.165, 1.54) is 12.2 Å². The van der Waals surface area contributed by atoms with Crippen LogP contribution in [0.3, 0.4) is 0 Å². The second-order valence-electron chi connectivity index (χ2n) is 12.3. The number of ketones is 3. The summed E-state index contributed by atoms with van der Waals surface area (Å²) in [6, 6.07) is 8.15. The summed E-state index contributed by atoms with van der Waals surface area (Å²) in [7, 11) is 0. The van der Waals surface area contributed by atoms with Crippen LogP contribution in [0.15, 0.2) is 42.5 Å². The van der Waals surface area contributed by atoms with Gasteiger partial charge in [0, 0.05) is 56.2 Å². The molecule has 3 N–H and O–H groups in total. The number of imide groups is 1. The van der Waals surface area contributed by atoms with Crippen molar-refractivity contribution in [3.63, 3.8) is 0 Å². The van der Waals surface area contributed by atoms with Gasteiger partial charge in [-0.3, -0.25) is 43.3 Å². The predicted octanol–water partition coefficient (Wildman–Crippen LogP) is 1.72. The lowest BCUT2D eigenvalue weighted by Gasteiger charge is -2.18. The van der Waals surface area contributed by atoms with Crippen molar-refractivity contribution in [2.75, 3.05) is 26.4 Å². The van der Waals surface area contributed by atoms with Gasteiger partial charge >= 0.3 is 0 Å². The zero-order chi connectivity index (χ0) is 34.8. The molecule has 2 rings (SSSR count). The molecule has 0 aromatic heterocycles. The molecular weight excluding hydrogens is 608 g/mol. The maximum absolute atomic E-state index is 13.0. The van der Waals surface area contributed by atoms with E-state index in [9.17, 15) is 38.4 Å². The van der Waals surface area contributed by atoms with Crippen LogP contribution in [0.2, 0.25) is 0 Å². The number of carbonyl (C=O) groups excluding carboxylic acids is 8. The van der Waals surface area contributed by atoms with Crippen molar-refractivity contribution in [3.8, 4) is 0 Å². The Morgan fingerprint density at radius 2 is 1.40 bits per heavy atom. The minimum absolute atomic E-state index is 0.109. The summed E-state index contributed by atoms with van der Waals surface area (Å²) < 4.78 is 5.21. The van der Waals surface area contributed by atoms with Gasteiger partial charge in [0.05, 0.1) is 12.6 Å². The Bertz CT molecular complexity index is 1300. The zero-order valence-corrected chi connectivity index (χ0v) is 27.4. The topological polar surface area (TPSA) is 185 Å². The number of nitrogens with one attached hydrogen (secondary N) is 3. The van der Waals surface area contributed by atoms with Gasteiger partial charge in [-0.2, -0.15) is 0 Å². The molecule has 0 bridgehead atoms. The molecule has 1 atom stereocenters. The third kappa shape index (κ3) is 15.6. The molecule has 0 spiro atoms. The molecule has 1 heterocycles. The van der Waals surface area contributed by atoms with Gasteiger partial charge in [-0.05, 0) is 24.8 Å². The molecule has 13 heteroatoms. The van der Waals surface area contributed by atoms with Crippen molar-refractivity contribution in [2.45, 2.75) is 84.6 Å². The summed E-state index contributed by atoms with van der Waals surface area (Å²) in [5.41, 5.74) is 0.251. The van der Waals surface area contributed by atoms with Crippen molar-refractivity contribution >= 4 is 46.9 Å². The smallest absolute Gasteiger partial charge is 0.253 e. The Kier molecular flexibility index (Phi) is 16.3. The summed E-state index contributed by atoms with van der Waals surface area (Å²) in [5, 5.41) is 7.73. The number of carbonyl (C=O) groups is 8. The Morgan fingerprint density at radius 3 is 2.06 bits per heavy atom.